The van der Waals surface area contributed by atoms with E-state index in [2.05, 4.69) is 5.32 Å². The first kappa shape index (κ1) is 14.7. The first-order valence-corrected chi connectivity index (χ1v) is 7.20. The summed E-state index contributed by atoms with van der Waals surface area (Å²) < 4.78 is 12.8. The third-order valence-corrected chi connectivity index (χ3v) is 4.14. The van der Waals surface area contributed by atoms with Crippen LogP contribution in [0.4, 0.5) is 4.39 Å². The molecule has 2 aromatic rings. The van der Waals surface area contributed by atoms with Gasteiger partial charge in [0.25, 0.3) is 0 Å². The number of rotatable bonds is 5. The largest absolute Gasteiger partial charge is 0.387 e. The summed E-state index contributed by atoms with van der Waals surface area (Å²) in [5, 5.41) is 14.6. The van der Waals surface area contributed by atoms with Gasteiger partial charge in [0.2, 0.25) is 5.91 Å². The zero-order chi connectivity index (χ0) is 14.5. The molecular formula is C15H16FNO2S. The van der Waals surface area contributed by atoms with Crippen molar-refractivity contribution in [2.75, 3.05) is 6.54 Å². The van der Waals surface area contributed by atoms with Gasteiger partial charge in [0.1, 0.15) is 5.82 Å². The third-order valence-electron chi connectivity index (χ3n) is 3.09. The van der Waals surface area contributed by atoms with Gasteiger partial charge < -0.3 is 10.4 Å². The molecule has 5 heteroatoms. The summed E-state index contributed by atoms with van der Waals surface area (Å²) in [5.41, 5.74) is 0.579. The molecule has 0 aliphatic rings. The molecule has 1 heterocycles. The maximum atomic E-state index is 12.8. The number of hydrogen-bond acceptors (Lipinski definition) is 3. The van der Waals surface area contributed by atoms with E-state index in [1.54, 1.807) is 0 Å². The number of nitrogens with one attached hydrogen (secondary N) is 1. The fourth-order valence-corrected chi connectivity index (χ4v) is 2.60. The Morgan fingerprint density at radius 2 is 2.05 bits per heavy atom. The highest BCUT2D eigenvalue weighted by Gasteiger charge is 2.17. The molecule has 1 amide bonds. The van der Waals surface area contributed by atoms with Gasteiger partial charge >= 0.3 is 0 Å². The van der Waals surface area contributed by atoms with Crippen molar-refractivity contribution < 1.29 is 14.3 Å². The fourth-order valence-electron chi connectivity index (χ4n) is 1.82. The number of carbonyl (C=O) groups excluding carboxylic acids is 1. The molecule has 0 saturated carbocycles. The number of aliphatic hydroxyl groups is 1. The molecule has 2 unspecified atom stereocenters. The van der Waals surface area contributed by atoms with Crippen molar-refractivity contribution in [1.29, 1.82) is 0 Å². The maximum absolute atomic E-state index is 12.8. The number of amides is 1. The monoisotopic (exact) mass is 293 g/mol. The zero-order valence-corrected chi connectivity index (χ0v) is 11.9. The Morgan fingerprint density at radius 1 is 1.35 bits per heavy atom. The Hall–Kier alpha value is -1.72. The Balaban J connectivity index is 1.88. The van der Waals surface area contributed by atoms with E-state index < -0.39 is 6.10 Å². The van der Waals surface area contributed by atoms with Crippen molar-refractivity contribution in [2.24, 2.45) is 0 Å². The molecule has 0 aliphatic heterocycles. The molecule has 0 aliphatic carbocycles. The van der Waals surface area contributed by atoms with Gasteiger partial charge in [0, 0.05) is 11.4 Å². The first-order valence-electron chi connectivity index (χ1n) is 6.32. The molecule has 1 aromatic carbocycles. The highest BCUT2D eigenvalue weighted by Crippen LogP contribution is 2.21. The maximum Gasteiger partial charge on any atom is 0.228 e. The Kier molecular flexibility index (Phi) is 4.87. The number of benzene rings is 1. The molecule has 0 saturated heterocycles. The minimum Gasteiger partial charge on any atom is -0.387 e. The molecule has 0 radical (unpaired) electrons. The van der Waals surface area contributed by atoms with Crippen LogP contribution < -0.4 is 5.32 Å². The van der Waals surface area contributed by atoms with Crippen LogP contribution in [0, 0.1) is 5.82 Å². The summed E-state index contributed by atoms with van der Waals surface area (Å²) in [7, 11) is 0. The van der Waals surface area contributed by atoms with Gasteiger partial charge in [-0.05, 0) is 36.1 Å². The predicted octanol–water partition coefficient (Wildman–Crippen LogP) is 2.84. The van der Waals surface area contributed by atoms with Crippen LogP contribution in [-0.2, 0) is 4.79 Å². The van der Waals surface area contributed by atoms with E-state index in [1.807, 2.05) is 24.4 Å². The molecule has 3 nitrogen and oxygen atoms in total. The minimum atomic E-state index is -0.838. The average molecular weight is 293 g/mol. The second-order valence-electron chi connectivity index (χ2n) is 4.55. The van der Waals surface area contributed by atoms with Crippen LogP contribution in [-0.4, -0.2) is 17.6 Å². The molecule has 0 bridgehead atoms. The van der Waals surface area contributed by atoms with Gasteiger partial charge in [-0.25, -0.2) is 4.39 Å². The first-order chi connectivity index (χ1) is 9.58. The van der Waals surface area contributed by atoms with Crippen molar-refractivity contribution in [3.8, 4) is 0 Å². The lowest BCUT2D eigenvalue weighted by atomic mass is 10.1. The Morgan fingerprint density at radius 3 is 2.65 bits per heavy atom. The zero-order valence-electron chi connectivity index (χ0n) is 11.0. The summed E-state index contributed by atoms with van der Waals surface area (Å²) in [4.78, 5) is 12.9. The molecular weight excluding hydrogens is 277 g/mol. The van der Waals surface area contributed by atoms with Crippen LogP contribution in [0.5, 0.6) is 0 Å². The second kappa shape index (κ2) is 6.63. The Bertz CT molecular complexity index is 554. The lowest BCUT2D eigenvalue weighted by Crippen LogP contribution is -2.31. The molecule has 0 fully saturated rings. The van der Waals surface area contributed by atoms with E-state index in [1.165, 1.54) is 35.6 Å². The SMILES string of the molecule is CC(C(=O)NCC(O)c1ccc(F)cc1)c1cccs1. The van der Waals surface area contributed by atoms with Crippen molar-refractivity contribution in [3.05, 3.63) is 58.0 Å². The normalized spacial score (nSPS) is 13.8. The smallest absolute Gasteiger partial charge is 0.228 e. The summed E-state index contributed by atoms with van der Waals surface area (Å²) in [6.07, 6.45) is -0.838. The molecule has 2 rings (SSSR count). The highest BCUT2D eigenvalue weighted by molar-refractivity contribution is 7.10. The molecule has 2 atom stereocenters. The van der Waals surface area contributed by atoms with E-state index >= 15 is 0 Å². The van der Waals surface area contributed by atoms with E-state index in [-0.39, 0.29) is 24.2 Å². The number of carbonyl (C=O) groups is 1. The van der Waals surface area contributed by atoms with E-state index in [4.69, 9.17) is 0 Å². The Labute approximate surface area is 121 Å². The van der Waals surface area contributed by atoms with Gasteiger partial charge in [-0.15, -0.1) is 11.3 Å². The number of hydrogen-bond donors (Lipinski definition) is 2. The van der Waals surface area contributed by atoms with Gasteiger partial charge in [-0.3, -0.25) is 4.79 Å². The van der Waals surface area contributed by atoms with Crippen molar-refractivity contribution in [2.45, 2.75) is 18.9 Å². The summed E-state index contributed by atoms with van der Waals surface area (Å²) in [5.74, 6) is -0.722. The molecule has 1 aromatic heterocycles. The van der Waals surface area contributed by atoms with Gasteiger partial charge in [0.05, 0.1) is 12.0 Å². The molecule has 106 valence electrons. The van der Waals surface area contributed by atoms with Gasteiger partial charge in [-0.2, -0.15) is 0 Å². The van der Waals surface area contributed by atoms with E-state index in [0.717, 1.165) is 4.88 Å². The van der Waals surface area contributed by atoms with Crippen LogP contribution in [0.3, 0.4) is 0 Å². The van der Waals surface area contributed by atoms with E-state index in [9.17, 15) is 14.3 Å². The van der Waals surface area contributed by atoms with Crippen LogP contribution in [0.25, 0.3) is 0 Å². The number of halogens is 1. The van der Waals surface area contributed by atoms with Crippen molar-refractivity contribution >= 4 is 17.2 Å². The summed E-state index contributed by atoms with van der Waals surface area (Å²) >= 11 is 1.53. The van der Waals surface area contributed by atoms with Gasteiger partial charge in [-0.1, -0.05) is 18.2 Å². The quantitative estimate of drug-likeness (QED) is 0.890. The standard InChI is InChI=1S/C15H16FNO2S/c1-10(14-3-2-8-20-14)15(19)17-9-13(18)11-4-6-12(16)7-5-11/h2-8,10,13,18H,9H2,1H3,(H,17,19). The van der Waals surface area contributed by atoms with Crippen molar-refractivity contribution in [3.63, 3.8) is 0 Å². The molecule has 2 N–H and O–H groups in total. The highest BCUT2D eigenvalue weighted by atomic mass is 32.1. The molecule has 20 heavy (non-hydrogen) atoms. The van der Waals surface area contributed by atoms with Crippen molar-refractivity contribution in [1.82, 2.24) is 5.32 Å². The third kappa shape index (κ3) is 3.65. The average Bonchev–Trinajstić information content (AvgIpc) is 2.98. The topological polar surface area (TPSA) is 49.3 Å². The van der Waals surface area contributed by atoms with Gasteiger partial charge in [0.15, 0.2) is 0 Å². The number of aliphatic hydroxyl groups excluding tert-OH is 1. The predicted molar refractivity (Wildman–Crippen MR) is 77.1 cm³/mol. The number of thiophene rings is 1. The fraction of sp³-hybridized carbons (Fsp3) is 0.267. The van der Waals surface area contributed by atoms with Crippen LogP contribution in [0.1, 0.15) is 29.4 Å². The second-order valence-corrected chi connectivity index (χ2v) is 5.53. The molecule has 0 spiro atoms. The lowest BCUT2D eigenvalue weighted by Gasteiger charge is -2.15. The lowest BCUT2D eigenvalue weighted by molar-refractivity contribution is -0.122. The van der Waals surface area contributed by atoms with Crippen LogP contribution in [0.15, 0.2) is 41.8 Å². The van der Waals surface area contributed by atoms with Crippen LogP contribution >= 0.6 is 11.3 Å². The summed E-state index contributed by atoms with van der Waals surface area (Å²) in [6, 6.07) is 9.40. The summed E-state index contributed by atoms with van der Waals surface area (Å²) in [6.45, 7) is 1.94. The van der Waals surface area contributed by atoms with E-state index in [0.29, 0.717) is 5.56 Å². The van der Waals surface area contributed by atoms with Crippen LogP contribution in [0.2, 0.25) is 0 Å². The minimum absolute atomic E-state index is 0.111.